The fourth-order valence-electron chi connectivity index (χ4n) is 3.86. The highest BCUT2D eigenvalue weighted by atomic mass is 16.7. The average Bonchev–Trinajstić information content (AvgIpc) is 3.22. The molecule has 2 aliphatic rings. The maximum Gasteiger partial charge on any atom is 0.253 e. The summed E-state index contributed by atoms with van der Waals surface area (Å²) in [6, 6.07) is 12.5. The van der Waals surface area contributed by atoms with Gasteiger partial charge in [-0.15, -0.1) is 0 Å². The van der Waals surface area contributed by atoms with Crippen LogP contribution in [0.4, 0.5) is 0 Å². The predicted molar refractivity (Wildman–Crippen MR) is 106 cm³/mol. The summed E-state index contributed by atoms with van der Waals surface area (Å²) in [6.07, 6.45) is 4.83. The number of benzene rings is 1. The number of likely N-dealkylation sites (tertiary alicyclic amines) is 1. The first-order chi connectivity index (χ1) is 14.2. The van der Waals surface area contributed by atoms with Crippen molar-refractivity contribution in [2.45, 2.75) is 31.1 Å². The van der Waals surface area contributed by atoms with Crippen molar-refractivity contribution in [3.8, 4) is 0 Å². The van der Waals surface area contributed by atoms with Gasteiger partial charge in [0.15, 0.2) is 5.79 Å². The normalized spacial score (nSPS) is 19.1. The number of nitrogens with one attached hydrogen (secondary N) is 1. The molecule has 0 bridgehead atoms. The number of hydrogen-bond donors (Lipinski definition) is 1. The molecule has 2 saturated heterocycles. The monoisotopic (exact) mass is 395 g/mol. The van der Waals surface area contributed by atoms with E-state index in [0.29, 0.717) is 51.1 Å². The molecule has 2 amide bonds. The molecule has 1 aromatic heterocycles. The Morgan fingerprint density at radius 2 is 1.79 bits per heavy atom. The van der Waals surface area contributed by atoms with Gasteiger partial charge in [-0.2, -0.15) is 0 Å². The summed E-state index contributed by atoms with van der Waals surface area (Å²) in [5.74, 6) is -0.924. The lowest BCUT2D eigenvalue weighted by molar-refractivity contribution is -0.187. The summed E-state index contributed by atoms with van der Waals surface area (Å²) in [5.41, 5.74) is 1.43. The standard InChI is InChI=1S/C22H25N3O4/c26-20(18-7-4-10-23-16-18)24-19(15-17-5-2-1-3-6-17)21(27)25-11-8-22(9-12-25)28-13-14-29-22/h1-7,10,16,19H,8-9,11-15H2,(H,24,26). The van der Waals surface area contributed by atoms with Crippen LogP contribution in [0.25, 0.3) is 0 Å². The smallest absolute Gasteiger partial charge is 0.253 e. The van der Waals surface area contributed by atoms with E-state index in [-0.39, 0.29) is 11.8 Å². The molecule has 7 nitrogen and oxygen atoms in total. The van der Waals surface area contributed by atoms with Gasteiger partial charge in [-0.25, -0.2) is 0 Å². The zero-order chi connectivity index (χ0) is 20.1. The molecule has 3 heterocycles. The van der Waals surface area contributed by atoms with Crippen molar-refractivity contribution in [3.63, 3.8) is 0 Å². The van der Waals surface area contributed by atoms with Crippen molar-refractivity contribution in [2.24, 2.45) is 0 Å². The number of carbonyl (C=O) groups excluding carboxylic acids is 2. The largest absolute Gasteiger partial charge is 0.347 e. The van der Waals surface area contributed by atoms with Gasteiger partial charge in [-0.3, -0.25) is 14.6 Å². The summed E-state index contributed by atoms with van der Waals surface area (Å²) < 4.78 is 11.5. The Morgan fingerprint density at radius 3 is 2.45 bits per heavy atom. The molecule has 7 heteroatoms. The first kappa shape index (κ1) is 19.5. The Bertz CT molecular complexity index is 828. The van der Waals surface area contributed by atoms with Crippen molar-refractivity contribution in [1.29, 1.82) is 0 Å². The molecule has 1 aromatic carbocycles. The van der Waals surface area contributed by atoms with Crippen LogP contribution >= 0.6 is 0 Å². The Balaban J connectivity index is 1.47. The fraction of sp³-hybridized carbons (Fsp3) is 0.409. The molecule has 1 atom stereocenters. The minimum absolute atomic E-state index is 0.0843. The Morgan fingerprint density at radius 1 is 1.07 bits per heavy atom. The molecule has 1 spiro atoms. The number of nitrogens with zero attached hydrogens (tertiary/aromatic N) is 2. The maximum atomic E-state index is 13.3. The van der Waals surface area contributed by atoms with Gasteiger partial charge >= 0.3 is 0 Å². The van der Waals surface area contributed by atoms with E-state index in [2.05, 4.69) is 10.3 Å². The topological polar surface area (TPSA) is 80.8 Å². The summed E-state index contributed by atoms with van der Waals surface area (Å²) in [7, 11) is 0. The van der Waals surface area contributed by atoms with Gasteiger partial charge in [0.05, 0.1) is 18.8 Å². The lowest BCUT2D eigenvalue weighted by Crippen LogP contribution is -2.54. The van der Waals surface area contributed by atoms with E-state index in [1.165, 1.54) is 6.20 Å². The molecule has 0 saturated carbocycles. The number of hydrogen-bond acceptors (Lipinski definition) is 5. The molecule has 2 aliphatic heterocycles. The van der Waals surface area contributed by atoms with Gasteiger partial charge < -0.3 is 19.7 Å². The summed E-state index contributed by atoms with van der Waals surface area (Å²) in [6.45, 7) is 2.30. The average molecular weight is 395 g/mol. The van der Waals surface area contributed by atoms with Crippen molar-refractivity contribution in [2.75, 3.05) is 26.3 Å². The van der Waals surface area contributed by atoms with Crippen LogP contribution in [-0.2, 0) is 20.7 Å². The van der Waals surface area contributed by atoms with Gasteiger partial charge in [0.25, 0.3) is 5.91 Å². The number of carbonyl (C=O) groups is 2. The Hall–Kier alpha value is -2.77. The molecule has 1 unspecified atom stereocenters. The van der Waals surface area contributed by atoms with Crippen molar-refractivity contribution >= 4 is 11.8 Å². The molecular weight excluding hydrogens is 370 g/mol. The predicted octanol–water partition coefficient (Wildman–Crippen LogP) is 1.79. The number of pyridine rings is 1. The second-order valence-electron chi connectivity index (χ2n) is 7.39. The second-order valence-corrected chi connectivity index (χ2v) is 7.39. The van der Waals surface area contributed by atoms with Crippen LogP contribution in [-0.4, -0.2) is 59.8 Å². The van der Waals surface area contributed by atoms with Crippen molar-refractivity contribution in [1.82, 2.24) is 15.2 Å². The summed E-state index contributed by atoms with van der Waals surface area (Å²) >= 11 is 0. The lowest BCUT2D eigenvalue weighted by Gasteiger charge is -2.39. The van der Waals surface area contributed by atoms with E-state index in [9.17, 15) is 9.59 Å². The van der Waals surface area contributed by atoms with Crippen molar-refractivity contribution < 1.29 is 19.1 Å². The van der Waals surface area contributed by atoms with E-state index in [4.69, 9.17) is 9.47 Å². The van der Waals surface area contributed by atoms with Crippen LogP contribution in [0.5, 0.6) is 0 Å². The molecule has 0 aliphatic carbocycles. The first-order valence-electron chi connectivity index (χ1n) is 9.97. The minimum Gasteiger partial charge on any atom is -0.347 e. The maximum absolute atomic E-state index is 13.3. The van der Waals surface area contributed by atoms with Gasteiger partial charge in [-0.05, 0) is 17.7 Å². The third-order valence-corrected chi connectivity index (χ3v) is 5.46. The van der Waals surface area contributed by atoms with Crippen LogP contribution in [0.2, 0.25) is 0 Å². The van der Waals surface area contributed by atoms with E-state index >= 15 is 0 Å². The number of aromatic nitrogens is 1. The van der Waals surface area contributed by atoms with Crippen LogP contribution in [0.1, 0.15) is 28.8 Å². The number of ether oxygens (including phenoxy) is 2. The zero-order valence-corrected chi connectivity index (χ0v) is 16.3. The molecule has 2 fully saturated rings. The molecule has 2 aromatic rings. The third-order valence-electron chi connectivity index (χ3n) is 5.46. The van der Waals surface area contributed by atoms with Crippen LogP contribution < -0.4 is 5.32 Å². The van der Waals surface area contributed by atoms with Crippen LogP contribution in [0.3, 0.4) is 0 Å². The third kappa shape index (κ3) is 4.63. The highest BCUT2D eigenvalue weighted by Gasteiger charge is 2.41. The highest BCUT2D eigenvalue weighted by molar-refractivity contribution is 5.97. The first-order valence-corrected chi connectivity index (χ1v) is 9.97. The minimum atomic E-state index is -0.649. The van der Waals surface area contributed by atoms with E-state index in [1.54, 1.807) is 23.2 Å². The second kappa shape index (κ2) is 8.71. The van der Waals surface area contributed by atoms with Gasteiger partial charge in [0, 0.05) is 44.7 Å². The molecule has 152 valence electrons. The van der Waals surface area contributed by atoms with Crippen LogP contribution in [0, 0.1) is 0 Å². The lowest BCUT2D eigenvalue weighted by atomic mass is 10.00. The van der Waals surface area contributed by atoms with Gasteiger partial charge in [0.1, 0.15) is 6.04 Å². The van der Waals surface area contributed by atoms with Gasteiger partial charge in [-0.1, -0.05) is 30.3 Å². The Kier molecular flexibility index (Phi) is 5.87. The van der Waals surface area contributed by atoms with Crippen LogP contribution in [0.15, 0.2) is 54.9 Å². The molecular formula is C22H25N3O4. The quantitative estimate of drug-likeness (QED) is 0.835. The molecule has 0 radical (unpaired) electrons. The number of amides is 2. The zero-order valence-electron chi connectivity index (χ0n) is 16.3. The van der Waals surface area contributed by atoms with Crippen molar-refractivity contribution in [3.05, 3.63) is 66.0 Å². The van der Waals surface area contributed by atoms with E-state index in [0.717, 1.165) is 5.56 Å². The summed E-state index contributed by atoms with van der Waals surface area (Å²) in [5, 5.41) is 2.91. The fourth-order valence-corrected chi connectivity index (χ4v) is 3.86. The Labute approximate surface area is 170 Å². The number of piperidine rings is 1. The van der Waals surface area contributed by atoms with Gasteiger partial charge in [0.2, 0.25) is 5.91 Å². The highest BCUT2D eigenvalue weighted by Crippen LogP contribution is 2.31. The summed E-state index contributed by atoms with van der Waals surface area (Å²) in [4.78, 5) is 31.7. The molecule has 29 heavy (non-hydrogen) atoms. The SMILES string of the molecule is O=C(NC(Cc1ccccc1)C(=O)N1CCC2(CC1)OCCO2)c1cccnc1. The molecule has 1 N–H and O–H groups in total. The number of rotatable bonds is 5. The van der Waals surface area contributed by atoms with E-state index in [1.807, 2.05) is 30.3 Å². The molecule has 4 rings (SSSR count). The van der Waals surface area contributed by atoms with E-state index < -0.39 is 11.8 Å².